The number of nitrogens with zero attached hydrogens (tertiary/aromatic N) is 2. The van der Waals surface area contributed by atoms with E-state index in [1.54, 1.807) is 18.3 Å². The van der Waals surface area contributed by atoms with Crippen molar-refractivity contribution in [1.29, 1.82) is 0 Å². The molecule has 27 heavy (non-hydrogen) atoms. The molecular weight excluding hydrogens is 340 g/mol. The predicted molar refractivity (Wildman–Crippen MR) is 106 cm³/mol. The highest BCUT2D eigenvalue weighted by Gasteiger charge is 2.33. The Bertz CT molecular complexity index is 785. The minimum atomic E-state index is -0.488. The molecule has 0 radical (unpaired) electrons. The molecule has 1 aliphatic rings. The van der Waals surface area contributed by atoms with Gasteiger partial charge in [-0.3, -0.25) is 9.69 Å². The highest BCUT2D eigenvalue weighted by atomic mass is 16.3. The Labute approximate surface area is 160 Å². The van der Waals surface area contributed by atoms with E-state index in [4.69, 9.17) is 0 Å². The molecule has 0 saturated heterocycles. The zero-order valence-electron chi connectivity index (χ0n) is 15.4. The predicted octanol–water partition coefficient (Wildman–Crippen LogP) is 4.52. The van der Waals surface area contributed by atoms with E-state index in [-0.39, 0.29) is 23.4 Å². The largest absolute Gasteiger partial charge is 0.504 e. The maximum Gasteiger partial charge on any atom is 0.236 e. The molecule has 1 saturated carbocycles. The number of aromatic hydroxyl groups is 2. The summed E-state index contributed by atoms with van der Waals surface area (Å²) < 4.78 is 0. The van der Waals surface area contributed by atoms with Crippen LogP contribution < -0.4 is 4.90 Å². The van der Waals surface area contributed by atoms with Gasteiger partial charge in [-0.25, -0.2) is 4.98 Å². The number of amides is 1. The minimum Gasteiger partial charge on any atom is -0.504 e. The first-order chi connectivity index (χ1) is 13.1. The fourth-order valence-corrected chi connectivity index (χ4v) is 3.79. The monoisotopic (exact) mass is 366 g/mol. The van der Waals surface area contributed by atoms with Crippen LogP contribution in [0.1, 0.15) is 50.0 Å². The van der Waals surface area contributed by atoms with Crippen LogP contribution in [0, 0.1) is 0 Å². The van der Waals surface area contributed by atoms with Crippen molar-refractivity contribution >= 4 is 11.7 Å². The average molecular weight is 366 g/mol. The van der Waals surface area contributed by atoms with Gasteiger partial charge in [0, 0.05) is 12.2 Å². The summed E-state index contributed by atoms with van der Waals surface area (Å²) in [5.41, 5.74) is 0.659. The first-order valence-electron chi connectivity index (χ1n) is 9.48. The standard InChI is InChI=1S/C22H26N2O3/c1-2-8-18(16-12-13-19(25)20(26)15-16)22(27)24(17-9-4-3-5-10-17)21-11-6-7-14-23-21/h2,6-7,11-15,17-18,25-26H,1,3-5,8-10H2. The fourth-order valence-electron chi connectivity index (χ4n) is 3.79. The lowest BCUT2D eigenvalue weighted by atomic mass is 9.90. The van der Waals surface area contributed by atoms with E-state index < -0.39 is 5.92 Å². The lowest BCUT2D eigenvalue weighted by molar-refractivity contribution is -0.120. The second-order valence-corrected chi connectivity index (χ2v) is 7.01. The van der Waals surface area contributed by atoms with E-state index in [1.165, 1.54) is 18.6 Å². The summed E-state index contributed by atoms with van der Waals surface area (Å²) in [6.45, 7) is 3.79. The summed E-state index contributed by atoms with van der Waals surface area (Å²) in [5.74, 6) is -0.302. The van der Waals surface area contributed by atoms with Gasteiger partial charge in [0.05, 0.1) is 5.92 Å². The van der Waals surface area contributed by atoms with Crippen molar-refractivity contribution in [3.8, 4) is 11.5 Å². The molecule has 0 spiro atoms. The number of allylic oxidation sites excluding steroid dienone is 1. The molecule has 0 aliphatic heterocycles. The Morgan fingerprint density at radius 3 is 2.59 bits per heavy atom. The Balaban J connectivity index is 1.98. The van der Waals surface area contributed by atoms with E-state index in [0.29, 0.717) is 17.8 Å². The summed E-state index contributed by atoms with van der Waals surface area (Å²) >= 11 is 0. The highest BCUT2D eigenvalue weighted by molar-refractivity contribution is 5.98. The van der Waals surface area contributed by atoms with Crippen LogP contribution in [0.15, 0.2) is 55.3 Å². The molecule has 142 valence electrons. The zero-order chi connectivity index (χ0) is 19.2. The number of rotatable bonds is 6. The summed E-state index contributed by atoms with van der Waals surface area (Å²) in [6.07, 6.45) is 9.19. The van der Waals surface area contributed by atoms with Gasteiger partial charge in [0.25, 0.3) is 0 Å². The number of hydrogen-bond donors (Lipinski definition) is 2. The SMILES string of the molecule is C=CCC(C(=O)N(c1ccccn1)C1CCCCC1)c1ccc(O)c(O)c1. The van der Waals surface area contributed by atoms with Gasteiger partial charge in [0.2, 0.25) is 5.91 Å². The molecule has 1 aromatic carbocycles. The molecular formula is C22H26N2O3. The van der Waals surface area contributed by atoms with Crippen LogP contribution in [0.25, 0.3) is 0 Å². The first kappa shape index (κ1) is 19.0. The fraction of sp³-hybridized carbons (Fsp3) is 0.364. The van der Waals surface area contributed by atoms with Crippen molar-refractivity contribution in [3.63, 3.8) is 0 Å². The number of phenolic OH excluding ortho intramolecular Hbond substituents is 2. The van der Waals surface area contributed by atoms with Crippen LogP contribution in [-0.4, -0.2) is 27.1 Å². The number of carbonyl (C=O) groups is 1. The normalized spacial score (nSPS) is 15.9. The number of pyridine rings is 1. The maximum atomic E-state index is 13.6. The van der Waals surface area contributed by atoms with Crippen molar-refractivity contribution in [3.05, 3.63) is 60.8 Å². The van der Waals surface area contributed by atoms with E-state index in [1.807, 2.05) is 23.1 Å². The number of carbonyl (C=O) groups excluding carboxylic acids is 1. The number of aromatic nitrogens is 1. The van der Waals surface area contributed by atoms with Gasteiger partial charge in [-0.1, -0.05) is 37.5 Å². The lowest BCUT2D eigenvalue weighted by Crippen LogP contribution is -2.44. The molecule has 1 aromatic heterocycles. The van der Waals surface area contributed by atoms with Crippen molar-refractivity contribution in [1.82, 2.24) is 4.98 Å². The number of hydrogen-bond acceptors (Lipinski definition) is 4. The third kappa shape index (κ3) is 4.30. The van der Waals surface area contributed by atoms with Crippen LogP contribution in [0.5, 0.6) is 11.5 Å². The number of anilines is 1. The second kappa shape index (κ2) is 8.71. The quantitative estimate of drug-likeness (QED) is 0.582. The first-order valence-corrected chi connectivity index (χ1v) is 9.48. The van der Waals surface area contributed by atoms with Gasteiger partial charge >= 0.3 is 0 Å². The van der Waals surface area contributed by atoms with E-state index in [0.717, 1.165) is 25.7 Å². The maximum absolute atomic E-state index is 13.6. The Morgan fingerprint density at radius 1 is 1.19 bits per heavy atom. The third-order valence-electron chi connectivity index (χ3n) is 5.18. The molecule has 2 N–H and O–H groups in total. The Kier molecular flexibility index (Phi) is 6.12. The molecule has 1 amide bonds. The van der Waals surface area contributed by atoms with Gasteiger partial charge in [-0.2, -0.15) is 0 Å². The summed E-state index contributed by atoms with van der Waals surface area (Å²) in [5, 5.41) is 19.5. The van der Waals surface area contributed by atoms with Crippen molar-refractivity contribution in [2.45, 2.75) is 50.5 Å². The van der Waals surface area contributed by atoms with Crippen LogP contribution in [0.3, 0.4) is 0 Å². The van der Waals surface area contributed by atoms with Crippen LogP contribution in [-0.2, 0) is 4.79 Å². The molecule has 2 aromatic rings. The van der Waals surface area contributed by atoms with E-state index in [9.17, 15) is 15.0 Å². The Morgan fingerprint density at radius 2 is 1.96 bits per heavy atom. The van der Waals surface area contributed by atoms with Crippen LogP contribution >= 0.6 is 0 Å². The average Bonchev–Trinajstić information content (AvgIpc) is 2.70. The molecule has 1 atom stereocenters. The summed E-state index contributed by atoms with van der Waals surface area (Å²) in [6, 6.07) is 10.3. The second-order valence-electron chi connectivity index (χ2n) is 7.01. The van der Waals surface area contributed by atoms with Crippen molar-refractivity contribution in [2.24, 2.45) is 0 Å². The highest BCUT2D eigenvalue weighted by Crippen LogP contribution is 2.34. The number of benzene rings is 1. The molecule has 3 rings (SSSR count). The molecule has 1 unspecified atom stereocenters. The van der Waals surface area contributed by atoms with Gasteiger partial charge in [-0.05, 0) is 49.1 Å². The van der Waals surface area contributed by atoms with Crippen molar-refractivity contribution < 1.29 is 15.0 Å². The number of phenols is 2. The topological polar surface area (TPSA) is 73.7 Å². The summed E-state index contributed by atoms with van der Waals surface area (Å²) in [7, 11) is 0. The van der Waals surface area contributed by atoms with Gasteiger partial charge < -0.3 is 10.2 Å². The van der Waals surface area contributed by atoms with Crippen molar-refractivity contribution in [2.75, 3.05) is 4.90 Å². The molecule has 1 aliphatic carbocycles. The third-order valence-corrected chi connectivity index (χ3v) is 5.18. The molecule has 0 bridgehead atoms. The molecule has 1 heterocycles. The molecule has 1 fully saturated rings. The molecule has 5 nitrogen and oxygen atoms in total. The van der Waals surface area contributed by atoms with E-state index in [2.05, 4.69) is 11.6 Å². The summed E-state index contributed by atoms with van der Waals surface area (Å²) in [4.78, 5) is 19.9. The van der Waals surface area contributed by atoms with Crippen LogP contribution in [0.2, 0.25) is 0 Å². The molecule has 5 heteroatoms. The Hall–Kier alpha value is -2.82. The van der Waals surface area contributed by atoms with Crippen LogP contribution in [0.4, 0.5) is 5.82 Å². The van der Waals surface area contributed by atoms with Gasteiger partial charge in [0.1, 0.15) is 5.82 Å². The van der Waals surface area contributed by atoms with E-state index >= 15 is 0 Å². The van der Waals surface area contributed by atoms with Gasteiger partial charge in [0.15, 0.2) is 11.5 Å². The minimum absolute atomic E-state index is 0.0504. The lowest BCUT2D eigenvalue weighted by Gasteiger charge is -2.36. The zero-order valence-corrected chi connectivity index (χ0v) is 15.4. The van der Waals surface area contributed by atoms with Gasteiger partial charge in [-0.15, -0.1) is 6.58 Å². The smallest absolute Gasteiger partial charge is 0.236 e.